The lowest BCUT2D eigenvalue weighted by Gasteiger charge is -2.35. The Morgan fingerprint density at radius 3 is 1.89 bits per heavy atom. The average Bonchev–Trinajstić information content (AvgIpc) is 2.68. The van der Waals surface area contributed by atoms with Gasteiger partial charge in [0.15, 0.2) is 0 Å². The summed E-state index contributed by atoms with van der Waals surface area (Å²) in [5, 5.41) is 19.7. The molecule has 5 nitrogen and oxygen atoms in total. The highest BCUT2D eigenvalue weighted by Gasteiger charge is 2.74. The lowest BCUT2D eigenvalue weighted by atomic mass is 10.0. The van der Waals surface area contributed by atoms with E-state index in [-0.39, 0.29) is 0 Å². The van der Waals surface area contributed by atoms with E-state index in [1.165, 1.54) is 32.1 Å². The van der Waals surface area contributed by atoms with Crippen LogP contribution in [0.15, 0.2) is 0 Å². The highest BCUT2D eigenvalue weighted by molar-refractivity contribution is 6.40. The lowest BCUT2D eigenvalue weighted by molar-refractivity contribution is -0.401. The Hall–Kier alpha value is -0.135. The molecule has 0 aromatic carbocycles. The van der Waals surface area contributed by atoms with Gasteiger partial charge in [-0.1, -0.05) is 51.9 Å². The van der Waals surface area contributed by atoms with Gasteiger partial charge in [-0.15, -0.1) is 0 Å². The summed E-state index contributed by atoms with van der Waals surface area (Å²) in [6.45, 7) is 2.21. The zero-order chi connectivity index (χ0) is 13.1. The van der Waals surface area contributed by atoms with Gasteiger partial charge < -0.3 is 24.2 Å². The third kappa shape index (κ3) is 2.88. The minimum atomic E-state index is -1.93. The maximum atomic E-state index is 10.0. The van der Waals surface area contributed by atoms with Crippen LogP contribution in [0.1, 0.15) is 64.7 Å². The molecule has 18 heavy (non-hydrogen) atoms. The fourth-order valence-corrected chi connectivity index (χ4v) is 2.45. The molecule has 0 radical (unpaired) electrons. The number of hydrogen-bond acceptors (Lipinski definition) is 5. The van der Waals surface area contributed by atoms with Crippen LogP contribution in [0.25, 0.3) is 0 Å². The van der Waals surface area contributed by atoms with Crippen molar-refractivity contribution in [3.05, 3.63) is 0 Å². The molecule has 3 heterocycles. The van der Waals surface area contributed by atoms with Crippen LogP contribution in [0.4, 0.5) is 0 Å². The molecule has 3 aliphatic heterocycles. The quantitative estimate of drug-likeness (QED) is 0.488. The summed E-state index contributed by atoms with van der Waals surface area (Å²) in [7, 11) is -0.894. The summed E-state index contributed by atoms with van der Waals surface area (Å²) in [5.74, 6) is -3.61. The molecule has 3 rings (SSSR count). The van der Waals surface area contributed by atoms with E-state index in [0.29, 0.717) is 6.42 Å². The van der Waals surface area contributed by atoms with Crippen molar-refractivity contribution in [3.63, 3.8) is 0 Å². The van der Waals surface area contributed by atoms with Gasteiger partial charge in [0.05, 0.1) is 0 Å². The molecule has 6 heteroatoms. The zero-order valence-corrected chi connectivity index (χ0v) is 11.1. The predicted octanol–water partition coefficient (Wildman–Crippen LogP) is 1.91. The molecule has 0 spiro atoms. The van der Waals surface area contributed by atoms with E-state index in [1.807, 2.05) is 0 Å². The van der Waals surface area contributed by atoms with Gasteiger partial charge in [0.25, 0.3) is 0 Å². The van der Waals surface area contributed by atoms with Gasteiger partial charge in [-0.2, -0.15) is 0 Å². The van der Waals surface area contributed by atoms with E-state index >= 15 is 0 Å². The second-order valence-corrected chi connectivity index (χ2v) is 5.23. The normalized spacial score (nSPS) is 33.8. The van der Waals surface area contributed by atoms with E-state index < -0.39 is 19.1 Å². The molecule has 2 bridgehead atoms. The van der Waals surface area contributed by atoms with Crippen molar-refractivity contribution in [2.24, 2.45) is 0 Å². The van der Waals surface area contributed by atoms with E-state index in [0.717, 1.165) is 19.3 Å². The summed E-state index contributed by atoms with van der Waals surface area (Å²) < 4.78 is 14.7. The van der Waals surface area contributed by atoms with Crippen LogP contribution in [0.2, 0.25) is 0 Å². The molecule has 0 aliphatic carbocycles. The van der Waals surface area contributed by atoms with Gasteiger partial charge in [-0.25, -0.2) is 0 Å². The van der Waals surface area contributed by atoms with Crippen LogP contribution < -0.4 is 0 Å². The first-order chi connectivity index (χ1) is 8.60. The monoisotopic (exact) mass is 258 g/mol. The Morgan fingerprint density at radius 2 is 1.39 bits per heavy atom. The van der Waals surface area contributed by atoms with Gasteiger partial charge >= 0.3 is 13.3 Å². The van der Waals surface area contributed by atoms with Crippen molar-refractivity contribution < 1.29 is 24.2 Å². The van der Waals surface area contributed by atoms with Crippen molar-refractivity contribution in [1.29, 1.82) is 0 Å². The zero-order valence-electron chi connectivity index (χ0n) is 11.1. The minimum Gasteiger partial charge on any atom is -0.360 e. The molecular weight excluding hydrogens is 235 g/mol. The van der Waals surface area contributed by atoms with Crippen molar-refractivity contribution in [2.75, 3.05) is 0 Å². The van der Waals surface area contributed by atoms with Gasteiger partial charge in [0, 0.05) is 6.42 Å². The number of aliphatic hydroxyl groups is 2. The Balaban J connectivity index is 1.51. The second kappa shape index (κ2) is 5.88. The van der Waals surface area contributed by atoms with Crippen LogP contribution in [-0.4, -0.2) is 29.3 Å². The molecule has 0 aromatic rings. The first kappa shape index (κ1) is 14.3. The van der Waals surface area contributed by atoms with Crippen LogP contribution in [-0.2, 0) is 14.0 Å². The SMILES string of the molecule is CCCCCCCCCCC1(O)OB2OC1(O)O2. The molecule has 3 fully saturated rings. The molecule has 104 valence electrons. The van der Waals surface area contributed by atoms with Crippen molar-refractivity contribution in [1.82, 2.24) is 0 Å². The second-order valence-electron chi connectivity index (χ2n) is 5.23. The fraction of sp³-hybridized carbons (Fsp3) is 1.00. The van der Waals surface area contributed by atoms with Crippen LogP contribution in [0.5, 0.6) is 0 Å². The van der Waals surface area contributed by atoms with Crippen LogP contribution >= 0.6 is 0 Å². The summed E-state index contributed by atoms with van der Waals surface area (Å²) in [6, 6.07) is 0. The Bertz CT molecular complexity index is 269. The van der Waals surface area contributed by atoms with Crippen molar-refractivity contribution in [2.45, 2.75) is 76.5 Å². The number of fused-ring (bicyclic) bond motifs is 1. The Labute approximate surface area is 109 Å². The van der Waals surface area contributed by atoms with Gasteiger partial charge in [0.1, 0.15) is 0 Å². The first-order valence-electron chi connectivity index (χ1n) is 7.08. The molecular formula is C12H23BO5. The summed E-state index contributed by atoms with van der Waals surface area (Å²) in [4.78, 5) is 0. The Morgan fingerprint density at radius 1 is 0.833 bits per heavy atom. The Kier molecular flexibility index (Phi) is 4.67. The molecule has 0 aromatic heterocycles. The smallest absolute Gasteiger partial charge is 0.360 e. The van der Waals surface area contributed by atoms with Gasteiger partial charge in [0.2, 0.25) is 5.79 Å². The molecule has 1 unspecified atom stereocenters. The van der Waals surface area contributed by atoms with Gasteiger partial charge in [-0.3, -0.25) is 0 Å². The molecule has 3 saturated heterocycles. The maximum Gasteiger partial charge on any atom is 0.649 e. The molecule has 2 N–H and O–H groups in total. The van der Waals surface area contributed by atoms with Gasteiger partial charge in [-0.05, 0) is 6.42 Å². The summed E-state index contributed by atoms with van der Waals surface area (Å²) in [5.41, 5.74) is 0. The van der Waals surface area contributed by atoms with E-state index in [9.17, 15) is 10.2 Å². The number of hydrogen-bond donors (Lipinski definition) is 2. The van der Waals surface area contributed by atoms with Crippen LogP contribution in [0.3, 0.4) is 0 Å². The highest BCUT2D eigenvalue weighted by atomic mass is 17.0. The highest BCUT2D eigenvalue weighted by Crippen LogP contribution is 2.47. The third-order valence-electron chi connectivity index (χ3n) is 3.67. The molecule has 0 amide bonds. The first-order valence-corrected chi connectivity index (χ1v) is 7.08. The standard InChI is InChI=1S/C12H23BO5/c1-2-3-4-5-6-7-8-9-10-11(14)12(15)17-13(16-11)18-12/h14-15H,2-10H2,1H3. The fourth-order valence-electron chi connectivity index (χ4n) is 2.45. The largest absolute Gasteiger partial charge is 0.649 e. The number of rotatable bonds is 9. The maximum absolute atomic E-state index is 10.0. The molecule has 3 aliphatic rings. The molecule has 1 atom stereocenters. The number of unbranched alkanes of at least 4 members (excludes halogenated alkanes) is 7. The summed E-state index contributed by atoms with van der Waals surface area (Å²) in [6.07, 6.45) is 9.74. The van der Waals surface area contributed by atoms with E-state index in [2.05, 4.69) is 6.92 Å². The third-order valence-corrected chi connectivity index (χ3v) is 3.67. The summed E-state index contributed by atoms with van der Waals surface area (Å²) >= 11 is 0. The minimum absolute atomic E-state index is 0.342. The lowest BCUT2D eigenvalue weighted by Crippen LogP contribution is -2.57. The van der Waals surface area contributed by atoms with E-state index in [1.54, 1.807) is 0 Å². The van der Waals surface area contributed by atoms with Crippen LogP contribution in [0, 0.1) is 0 Å². The van der Waals surface area contributed by atoms with Crippen molar-refractivity contribution in [3.8, 4) is 0 Å². The van der Waals surface area contributed by atoms with Crippen molar-refractivity contribution >= 4 is 7.32 Å². The van der Waals surface area contributed by atoms with E-state index in [4.69, 9.17) is 14.0 Å². The molecule has 0 saturated carbocycles. The predicted molar refractivity (Wildman–Crippen MR) is 66.1 cm³/mol. The average molecular weight is 258 g/mol. The topological polar surface area (TPSA) is 68.2 Å².